The molecule has 0 bridgehead atoms. The van der Waals surface area contributed by atoms with Crippen LogP contribution in [0.5, 0.6) is 0 Å². The van der Waals surface area contributed by atoms with Crippen molar-refractivity contribution in [1.29, 1.82) is 0 Å². The number of amides is 2. The monoisotopic (exact) mass is 476 g/mol. The largest absolute Gasteiger partial charge is 0.350 e. The quantitative estimate of drug-likeness (QED) is 0.450. The van der Waals surface area contributed by atoms with Gasteiger partial charge in [-0.25, -0.2) is 0 Å². The fourth-order valence-electron chi connectivity index (χ4n) is 3.82. The minimum atomic E-state index is -0.658. The molecule has 0 unspecified atom stereocenters. The van der Waals surface area contributed by atoms with Gasteiger partial charge in [-0.15, -0.1) is 0 Å². The number of carbonyl (C=O) groups excluding carboxylic acids is 2. The van der Waals surface area contributed by atoms with Crippen molar-refractivity contribution >= 4 is 23.4 Å². The van der Waals surface area contributed by atoms with Gasteiger partial charge in [0.25, 0.3) is 0 Å². The first-order valence-electron chi connectivity index (χ1n) is 11.6. The normalized spacial score (nSPS) is 12.1. The van der Waals surface area contributed by atoms with Crippen LogP contribution in [-0.4, -0.2) is 28.3 Å². The molecular formula is C29H33ClN2O2. The van der Waals surface area contributed by atoms with E-state index in [0.29, 0.717) is 18.0 Å². The van der Waals surface area contributed by atoms with Crippen molar-refractivity contribution < 1.29 is 9.59 Å². The van der Waals surface area contributed by atoms with E-state index in [0.717, 1.165) is 22.3 Å². The summed E-state index contributed by atoms with van der Waals surface area (Å²) in [6.45, 7) is 8.21. The Morgan fingerprint density at radius 3 is 2.15 bits per heavy atom. The maximum atomic E-state index is 13.7. The second-order valence-electron chi connectivity index (χ2n) is 9.76. The van der Waals surface area contributed by atoms with E-state index in [9.17, 15) is 9.59 Å². The smallest absolute Gasteiger partial charge is 0.243 e. The van der Waals surface area contributed by atoms with E-state index in [1.807, 2.05) is 94.4 Å². The van der Waals surface area contributed by atoms with Crippen LogP contribution in [0.3, 0.4) is 0 Å². The Morgan fingerprint density at radius 1 is 0.882 bits per heavy atom. The van der Waals surface area contributed by atoms with Gasteiger partial charge in [-0.05, 0) is 56.5 Å². The molecule has 5 heteroatoms. The Bertz CT molecular complexity index is 1100. The Balaban J connectivity index is 1.98. The maximum Gasteiger partial charge on any atom is 0.243 e. The average molecular weight is 477 g/mol. The molecule has 0 aliphatic heterocycles. The van der Waals surface area contributed by atoms with Crippen LogP contribution in [0, 0.1) is 6.92 Å². The highest BCUT2D eigenvalue weighted by atomic mass is 35.5. The molecule has 1 N–H and O–H groups in total. The molecule has 0 aliphatic rings. The molecule has 0 aromatic heterocycles. The third-order valence-electron chi connectivity index (χ3n) is 5.49. The SMILES string of the molecule is Cc1ccc(CN(C(=O)Cc2cccc(Cl)c2)[C@@H](Cc2ccccc2)C(=O)NC(C)(C)C)cc1. The molecule has 0 heterocycles. The summed E-state index contributed by atoms with van der Waals surface area (Å²) in [5.41, 5.74) is 3.53. The maximum absolute atomic E-state index is 13.7. The first-order valence-corrected chi connectivity index (χ1v) is 11.9. The highest BCUT2D eigenvalue weighted by molar-refractivity contribution is 6.30. The number of aryl methyl sites for hydroxylation is 1. The first kappa shape index (κ1) is 25.5. The highest BCUT2D eigenvalue weighted by Gasteiger charge is 2.32. The predicted molar refractivity (Wildman–Crippen MR) is 139 cm³/mol. The number of halogens is 1. The van der Waals surface area contributed by atoms with E-state index in [1.165, 1.54) is 0 Å². The van der Waals surface area contributed by atoms with Crippen molar-refractivity contribution in [1.82, 2.24) is 10.2 Å². The van der Waals surface area contributed by atoms with Crippen LogP contribution in [0.2, 0.25) is 5.02 Å². The zero-order chi connectivity index (χ0) is 24.7. The first-order chi connectivity index (χ1) is 16.1. The van der Waals surface area contributed by atoms with E-state index in [-0.39, 0.29) is 18.2 Å². The standard InChI is InChI=1S/C29H33ClN2O2/c1-21-13-15-23(16-14-21)20-32(27(33)19-24-11-8-12-25(30)17-24)26(28(34)31-29(2,3)4)18-22-9-6-5-7-10-22/h5-17,26H,18-20H2,1-4H3,(H,31,34)/t26-/m0/s1. The van der Waals surface area contributed by atoms with Crippen LogP contribution in [0.1, 0.15) is 43.0 Å². The summed E-state index contributed by atoms with van der Waals surface area (Å²) in [6, 6.07) is 24.5. The molecule has 0 radical (unpaired) electrons. The van der Waals surface area contributed by atoms with E-state index >= 15 is 0 Å². The van der Waals surface area contributed by atoms with E-state index in [1.54, 1.807) is 17.0 Å². The van der Waals surface area contributed by atoms with Gasteiger partial charge >= 0.3 is 0 Å². The lowest BCUT2D eigenvalue weighted by molar-refractivity contribution is -0.141. The Hall–Kier alpha value is -3.11. The highest BCUT2D eigenvalue weighted by Crippen LogP contribution is 2.19. The molecule has 34 heavy (non-hydrogen) atoms. The second kappa shape index (κ2) is 11.3. The summed E-state index contributed by atoms with van der Waals surface area (Å²) in [6.07, 6.45) is 0.594. The van der Waals surface area contributed by atoms with Gasteiger partial charge in [0.15, 0.2) is 0 Å². The molecule has 2 amide bonds. The minimum Gasteiger partial charge on any atom is -0.350 e. The van der Waals surface area contributed by atoms with Crippen LogP contribution in [-0.2, 0) is 29.0 Å². The summed E-state index contributed by atoms with van der Waals surface area (Å²) >= 11 is 6.16. The molecule has 3 rings (SSSR count). The van der Waals surface area contributed by atoms with Gasteiger partial charge in [0.2, 0.25) is 11.8 Å². The van der Waals surface area contributed by atoms with Gasteiger partial charge < -0.3 is 10.2 Å². The summed E-state index contributed by atoms with van der Waals surface area (Å²) in [5.74, 6) is -0.282. The number of nitrogens with one attached hydrogen (secondary N) is 1. The van der Waals surface area contributed by atoms with Crippen LogP contribution in [0.4, 0.5) is 0 Å². The molecule has 1 atom stereocenters. The van der Waals surface area contributed by atoms with Crippen LogP contribution in [0.25, 0.3) is 0 Å². The second-order valence-corrected chi connectivity index (χ2v) is 10.2. The average Bonchev–Trinajstić information content (AvgIpc) is 2.77. The lowest BCUT2D eigenvalue weighted by atomic mass is 9.99. The van der Waals surface area contributed by atoms with E-state index in [4.69, 9.17) is 11.6 Å². The number of nitrogens with zero attached hydrogens (tertiary/aromatic N) is 1. The Kier molecular flexibility index (Phi) is 8.51. The zero-order valence-corrected chi connectivity index (χ0v) is 21.1. The lowest BCUT2D eigenvalue weighted by Crippen LogP contribution is -2.54. The Labute approximate surface area is 207 Å². The third kappa shape index (κ3) is 7.74. The number of hydrogen-bond donors (Lipinski definition) is 1. The molecule has 4 nitrogen and oxygen atoms in total. The number of hydrogen-bond acceptors (Lipinski definition) is 2. The summed E-state index contributed by atoms with van der Waals surface area (Å²) in [7, 11) is 0. The fourth-order valence-corrected chi connectivity index (χ4v) is 4.03. The summed E-state index contributed by atoms with van der Waals surface area (Å²) in [4.78, 5) is 28.9. The van der Waals surface area contributed by atoms with Crippen molar-refractivity contribution in [3.05, 3.63) is 106 Å². The minimum absolute atomic E-state index is 0.118. The lowest BCUT2D eigenvalue weighted by Gasteiger charge is -2.34. The van der Waals surface area contributed by atoms with Crippen molar-refractivity contribution in [2.45, 2.75) is 58.7 Å². The van der Waals surface area contributed by atoms with Gasteiger partial charge in [-0.2, -0.15) is 0 Å². The molecule has 178 valence electrons. The fraction of sp³-hybridized carbons (Fsp3) is 0.310. The third-order valence-corrected chi connectivity index (χ3v) is 5.72. The Morgan fingerprint density at radius 2 is 1.53 bits per heavy atom. The molecule has 3 aromatic rings. The van der Waals surface area contributed by atoms with Gasteiger partial charge in [0, 0.05) is 23.5 Å². The van der Waals surface area contributed by atoms with Gasteiger partial charge in [-0.3, -0.25) is 9.59 Å². The van der Waals surface area contributed by atoms with Gasteiger partial charge in [0.05, 0.1) is 6.42 Å². The van der Waals surface area contributed by atoms with Crippen molar-refractivity contribution in [2.75, 3.05) is 0 Å². The molecule has 0 saturated carbocycles. The van der Waals surface area contributed by atoms with Crippen LogP contribution >= 0.6 is 11.6 Å². The molecule has 0 fully saturated rings. The van der Waals surface area contributed by atoms with Crippen molar-refractivity contribution in [3.63, 3.8) is 0 Å². The molecule has 3 aromatic carbocycles. The van der Waals surface area contributed by atoms with Crippen molar-refractivity contribution in [3.8, 4) is 0 Å². The summed E-state index contributed by atoms with van der Waals surface area (Å²) < 4.78 is 0. The summed E-state index contributed by atoms with van der Waals surface area (Å²) in [5, 5.41) is 3.67. The van der Waals surface area contributed by atoms with Crippen LogP contribution < -0.4 is 5.32 Å². The molecular weight excluding hydrogens is 444 g/mol. The molecule has 0 aliphatic carbocycles. The number of carbonyl (C=O) groups is 2. The predicted octanol–water partition coefficient (Wildman–Crippen LogP) is 5.75. The topological polar surface area (TPSA) is 49.4 Å². The number of benzene rings is 3. The molecule has 0 saturated heterocycles. The van der Waals surface area contributed by atoms with E-state index in [2.05, 4.69) is 5.32 Å². The van der Waals surface area contributed by atoms with Crippen molar-refractivity contribution in [2.24, 2.45) is 0 Å². The van der Waals surface area contributed by atoms with Crippen LogP contribution in [0.15, 0.2) is 78.9 Å². The molecule has 0 spiro atoms. The zero-order valence-electron chi connectivity index (χ0n) is 20.3. The van der Waals surface area contributed by atoms with Gasteiger partial charge in [-0.1, -0.05) is 83.9 Å². The number of rotatable bonds is 8. The van der Waals surface area contributed by atoms with Gasteiger partial charge in [0.1, 0.15) is 6.04 Å². The van der Waals surface area contributed by atoms with E-state index < -0.39 is 11.6 Å².